The Labute approximate surface area is 120 Å². The van der Waals surface area contributed by atoms with Crippen molar-refractivity contribution in [3.63, 3.8) is 0 Å². The molecule has 3 nitrogen and oxygen atoms in total. The molecule has 1 aromatic heterocycles. The van der Waals surface area contributed by atoms with Crippen LogP contribution in [-0.4, -0.2) is 4.98 Å². The van der Waals surface area contributed by atoms with Crippen molar-refractivity contribution in [1.82, 2.24) is 4.98 Å². The second kappa shape index (κ2) is 5.63. The van der Waals surface area contributed by atoms with Crippen molar-refractivity contribution in [1.29, 1.82) is 0 Å². The summed E-state index contributed by atoms with van der Waals surface area (Å²) >= 11 is 0. The Morgan fingerprint density at radius 1 is 1.15 bits per heavy atom. The van der Waals surface area contributed by atoms with Crippen LogP contribution in [0, 0.1) is 6.92 Å². The molecule has 0 bridgehead atoms. The molecule has 0 aliphatic carbocycles. The minimum Gasteiger partial charge on any atom is -0.455 e. The number of ether oxygens (including phenoxy) is 1. The molecule has 1 aromatic carbocycles. The number of hydrogen-bond donors (Lipinski definition) is 1. The molecule has 3 heteroatoms. The number of rotatable bonds is 3. The molecule has 2 rings (SSSR count). The topological polar surface area (TPSA) is 48.1 Å². The van der Waals surface area contributed by atoms with E-state index in [4.69, 9.17) is 10.5 Å². The molecule has 2 aromatic rings. The lowest BCUT2D eigenvalue weighted by Gasteiger charge is -2.23. The average Bonchev–Trinajstić information content (AvgIpc) is 2.38. The van der Waals surface area contributed by atoms with E-state index in [-0.39, 0.29) is 5.41 Å². The van der Waals surface area contributed by atoms with Crippen LogP contribution < -0.4 is 10.5 Å². The summed E-state index contributed by atoms with van der Waals surface area (Å²) in [6.07, 6.45) is 1.73. The van der Waals surface area contributed by atoms with Crippen LogP contribution in [0.4, 0.5) is 0 Å². The van der Waals surface area contributed by atoms with Gasteiger partial charge in [0.25, 0.3) is 0 Å². The van der Waals surface area contributed by atoms with Crippen molar-refractivity contribution in [2.24, 2.45) is 5.73 Å². The van der Waals surface area contributed by atoms with Gasteiger partial charge in [-0.1, -0.05) is 32.9 Å². The maximum atomic E-state index is 6.10. The predicted molar refractivity (Wildman–Crippen MR) is 82.1 cm³/mol. The van der Waals surface area contributed by atoms with Gasteiger partial charge in [-0.05, 0) is 36.1 Å². The smallest absolute Gasteiger partial charge is 0.150 e. The van der Waals surface area contributed by atoms with Crippen molar-refractivity contribution in [2.45, 2.75) is 39.7 Å². The zero-order valence-corrected chi connectivity index (χ0v) is 12.6. The van der Waals surface area contributed by atoms with E-state index in [1.54, 1.807) is 6.20 Å². The molecule has 1 heterocycles. The average molecular weight is 270 g/mol. The molecule has 0 radical (unpaired) electrons. The number of pyridine rings is 1. The lowest BCUT2D eigenvalue weighted by atomic mass is 9.86. The largest absolute Gasteiger partial charge is 0.455 e. The van der Waals surface area contributed by atoms with E-state index < -0.39 is 0 Å². The summed E-state index contributed by atoms with van der Waals surface area (Å²) in [5.41, 5.74) is 8.86. The monoisotopic (exact) mass is 270 g/mol. The van der Waals surface area contributed by atoms with Gasteiger partial charge in [0, 0.05) is 18.3 Å². The lowest BCUT2D eigenvalue weighted by molar-refractivity contribution is 0.447. The van der Waals surface area contributed by atoms with Gasteiger partial charge in [0.1, 0.15) is 11.5 Å². The van der Waals surface area contributed by atoms with Gasteiger partial charge in [-0.25, -0.2) is 0 Å². The Hall–Kier alpha value is -1.87. The van der Waals surface area contributed by atoms with E-state index >= 15 is 0 Å². The maximum absolute atomic E-state index is 6.10. The first-order chi connectivity index (χ1) is 9.41. The molecule has 0 saturated heterocycles. The molecule has 0 aliphatic rings. The first kappa shape index (κ1) is 14.5. The molecule has 0 aliphatic heterocycles. The molecule has 0 unspecified atom stereocenters. The second-order valence-corrected chi connectivity index (χ2v) is 6.00. The molecule has 0 fully saturated rings. The number of aryl methyl sites for hydroxylation is 1. The summed E-state index contributed by atoms with van der Waals surface area (Å²) in [5, 5.41) is 0. The fourth-order valence-corrected chi connectivity index (χ4v) is 2.12. The Kier molecular flexibility index (Phi) is 4.09. The standard InChI is InChI=1S/C17H22N2O/c1-12-7-8-13(17(2,3)4)16(10-12)20-15-6-5-9-19-14(15)11-18/h5-10H,11,18H2,1-4H3. The minimum atomic E-state index is 0.0219. The molecular formula is C17H22N2O. The van der Waals surface area contributed by atoms with Gasteiger partial charge in [0.2, 0.25) is 0 Å². The molecule has 0 saturated carbocycles. The summed E-state index contributed by atoms with van der Waals surface area (Å²) in [7, 11) is 0. The van der Waals surface area contributed by atoms with Gasteiger partial charge in [0.05, 0.1) is 5.69 Å². The van der Waals surface area contributed by atoms with E-state index in [1.165, 1.54) is 11.1 Å². The number of nitrogens with two attached hydrogens (primary N) is 1. The van der Waals surface area contributed by atoms with Crippen LogP contribution in [0.25, 0.3) is 0 Å². The van der Waals surface area contributed by atoms with Crippen molar-refractivity contribution in [3.8, 4) is 11.5 Å². The van der Waals surface area contributed by atoms with Crippen LogP contribution in [0.1, 0.15) is 37.6 Å². The van der Waals surface area contributed by atoms with E-state index in [1.807, 2.05) is 12.1 Å². The molecular weight excluding hydrogens is 248 g/mol. The van der Waals surface area contributed by atoms with Crippen molar-refractivity contribution in [2.75, 3.05) is 0 Å². The normalized spacial score (nSPS) is 11.4. The molecule has 106 valence electrons. The van der Waals surface area contributed by atoms with Crippen LogP contribution in [0.2, 0.25) is 0 Å². The molecule has 20 heavy (non-hydrogen) atoms. The zero-order valence-electron chi connectivity index (χ0n) is 12.6. The van der Waals surface area contributed by atoms with Gasteiger partial charge in [-0.15, -0.1) is 0 Å². The number of benzene rings is 1. The quantitative estimate of drug-likeness (QED) is 0.919. The van der Waals surface area contributed by atoms with E-state index in [9.17, 15) is 0 Å². The molecule has 0 atom stereocenters. The predicted octanol–water partition coefficient (Wildman–Crippen LogP) is 3.94. The van der Waals surface area contributed by atoms with Crippen molar-refractivity contribution >= 4 is 0 Å². The Balaban J connectivity index is 2.45. The van der Waals surface area contributed by atoms with Gasteiger partial charge >= 0.3 is 0 Å². The van der Waals surface area contributed by atoms with Gasteiger partial charge < -0.3 is 10.5 Å². The van der Waals surface area contributed by atoms with Gasteiger partial charge in [0.15, 0.2) is 0 Å². The summed E-state index contributed by atoms with van der Waals surface area (Å²) in [4.78, 5) is 4.26. The lowest BCUT2D eigenvalue weighted by Crippen LogP contribution is -2.13. The van der Waals surface area contributed by atoms with Gasteiger partial charge in [-0.3, -0.25) is 4.98 Å². The van der Waals surface area contributed by atoms with E-state index in [2.05, 4.69) is 50.9 Å². The van der Waals surface area contributed by atoms with Crippen molar-refractivity contribution < 1.29 is 4.74 Å². The summed E-state index contributed by atoms with van der Waals surface area (Å²) in [5.74, 6) is 1.60. The summed E-state index contributed by atoms with van der Waals surface area (Å²) in [6.45, 7) is 8.96. The highest BCUT2D eigenvalue weighted by Gasteiger charge is 2.20. The molecule has 2 N–H and O–H groups in total. The van der Waals surface area contributed by atoms with Crippen LogP contribution in [-0.2, 0) is 12.0 Å². The highest BCUT2D eigenvalue weighted by Crippen LogP contribution is 2.35. The Morgan fingerprint density at radius 2 is 1.90 bits per heavy atom. The fraction of sp³-hybridized carbons (Fsp3) is 0.353. The third kappa shape index (κ3) is 3.17. The third-order valence-corrected chi connectivity index (χ3v) is 3.21. The van der Waals surface area contributed by atoms with Crippen LogP contribution in [0.5, 0.6) is 11.5 Å². The Morgan fingerprint density at radius 3 is 2.55 bits per heavy atom. The van der Waals surface area contributed by atoms with E-state index in [0.29, 0.717) is 6.54 Å². The first-order valence-electron chi connectivity index (χ1n) is 6.85. The van der Waals surface area contributed by atoms with Crippen molar-refractivity contribution in [3.05, 3.63) is 53.3 Å². The minimum absolute atomic E-state index is 0.0219. The SMILES string of the molecule is Cc1ccc(C(C)(C)C)c(Oc2cccnc2CN)c1. The van der Waals surface area contributed by atoms with Crippen LogP contribution in [0.15, 0.2) is 36.5 Å². The second-order valence-electron chi connectivity index (χ2n) is 6.00. The fourth-order valence-electron chi connectivity index (χ4n) is 2.12. The number of aromatic nitrogens is 1. The third-order valence-electron chi connectivity index (χ3n) is 3.21. The Bertz CT molecular complexity index is 600. The molecule has 0 spiro atoms. The van der Waals surface area contributed by atoms with Gasteiger partial charge in [-0.2, -0.15) is 0 Å². The number of hydrogen-bond acceptors (Lipinski definition) is 3. The van der Waals surface area contributed by atoms with E-state index in [0.717, 1.165) is 17.2 Å². The van der Waals surface area contributed by atoms with Crippen LogP contribution >= 0.6 is 0 Å². The van der Waals surface area contributed by atoms with Crippen LogP contribution in [0.3, 0.4) is 0 Å². The number of nitrogens with zero attached hydrogens (tertiary/aromatic N) is 1. The maximum Gasteiger partial charge on any atom is 0.150 e. The summed E-state index contributed by atoms with van der Waals surface area (Å²) < 4.78 is 6.10. The zero-order chi connectivity index (χ0) is 14.8. The first-order valence-corrected chi connectivity index (χ1v) is 6.85. The highest BCUT2D eigenvalue weighted by atomic mass is 16.5. The highest BCUT2D eigenvalue weighted by molar-refractivity contribution is 5.44. The summed E-state index contributed by atoms with van der Waals surface area (Å²) in [6, 6.07) is 10.1. The molecule has 0 amide bonds.